The van der Waals surface area contributed by atoms with E-state index in [2.05, 4.69) is 69.0 Å². The number of hydrogen-bond acceptors (Lipinski definition) is 5. The summed E-state index contributed by atoms with van der Waals surface area (Å²) in [6, 6.07) is 22.3. The van der Waals surface area contributed by atoms with Crippen LogP contribution in [0, 0.1) is 0 Å². The van der Waals surface area contributed by atoms with Crippen molar-refractivity contribution in [2.24, 2.45) is 0 Å². The summed E-state index contributed by atoms with van der Waals surface area (Å²) in [7, 11) is 7.23. The number of amides is 2. The molecule has 1 unspecified atom stereocenters. The standard InChI is InChI=1S/C28H34N4O3/c1-31(2)24-12-9-21(10-13-24)25(32-16-15-20-7-5-6-8-22(20)19-32)18-29-28(33)30-23-11-14-26(34-3)27(17-23)35-4/h5-14,17,25H,15-16,18-19H2,1-4H3,(H2,29,30,33). The summed E-state index contributed by atoms with van der Waals surface area (Å²) in [4.78, 5) is 17.3. The lowest BCUT2D eigenvalue weighted by Crippen LogP contribution is -2.41. The van der Waals surface area contributed by atoms with Gasteiger partial charge in [-0.25, -0.2) is 4.79 Å². The highest BCUT2D eigenvalue weighted by Crippen LogP contribution is 2.30. The molecule has 0 spiro atoms. The Morgan fingerprint density at radius 1 is 0.971 bits per heavy atom. The number of rotatable bonds is 8. The van der Waals surface area contributed by atoms with Gasteiger partial charge in [-0.3, -0.25) is 4.90 Å². The van der Waals surface area contributed by atoms with Crippen molar-refractivity contribution >= 4 is 17.4 Å². The van der Waals surface area contributed by atoms with Crippen LogP contribution < -0.4 is 25.0 Å². The third-order valence-electron chi connectivity index (χ3n) is 6.49. The molecule has 7 nitrogen and oxygen atoms in total. The van der Waals surface area contributed by atoms with Gasteiger partial charge in [0.25, 0.3) is 0 Å². The van der Waals surface area contributed by atoms with Gasteiger partial charge >= 0.3 is 6.03 Å². The van der Waals surface area contributed by atoms with E-state index < -0.39 is 0 Å². The van der Waals surface area contributed by atoms with Gasteiger partial charge in [-0.2, -0.15) is 0 Å². The van der Waals surface area contributed by atoms with Crippen molar-refractivity contribution in [2.45, 2.75) is 19.0 Å². The lowest BCUT2D eigenvalue weighted by molar-refractivity contribution is 0.175. The summed E-state index contributed by atoms with van der Waals surface area (Å²) in [6.45, 7) is 2.29. The monoisotopic (exact) mass is 474 g/mol. The largest absolute Gasteiger partial charge is 0.493 e. The molecule has 0 saturated carbocycles. The maximum absolute atomic E-state index is 12.8. The van der Waals surface area contributed by atoms with Crippen LogP contribution in [-0.4, -0.2) is 52.3 Å². The van der Waals surface area contributed by atoms with Crippen molar-refractivity contribution in [1.29, 1.82) is 0 Å². The third-order valence-corrected chi connectivity index (χ3v) is 6.49. The van der Waals surface area contributed by atoms with Crippen molar-refractivity contribution < 1.29 is 14.3 Å². The number of hydrogen-bond donors (Lipinski definition) is 2. The van der Waals surface area contributed by atoms with Gasteiger partial charge in [0, 0.05) is 51.2 Å². The summed E-state index contributed by atoms with van der Waals surface area (Å²) in [5.74, 6) is 1.18. The van der Waals surface area contributed by atoms with Crippen LogP contribution in [-0.2, 0) is 13.0 Å². The molecule has 2 amide bonds. The molecule has 3 aromatic carbocycles. The van der Waals surface area contributed by atoms with E-state index in [0.717, 1.165) is 25.2 Å². The van der Waals surface area contributed by atoms with E-state index in [1.165, 1.54) is 16.7 Å². The Labute approximate surface area is 207 Å². The molecule has 184 valence electrons. The molecule has 0 fully saturated rings. The van der Waals surface area contributed by atoms with Gasteiger partial charge in [0.05, 0.1) is 20.3 Å². The fraction of sp³-hybridized carbons (Fsp3) is 0.321. The topological polar surface area (TPSA) is 66.1 Å². The number of carbonyl (C=O) groups is 1. The maximum Gasteiger partial charge on any atom is 0.319 e. The van der Waals surface area contributed by atoms with Gasteiger partial charge < -0.3 is 25.0 Å². The molecular formula is C28H34N4O3. The van der Waals surface area contributed by atoms with Crippen molar-refractivity contribution in [3.05, 3.63) is 83.4 Å². The van der Waals surface area contributed by atoms with E-state index in [1.807, 2.05) is 14.1 Å². The molecule has 2 N–H and O–H groups in total. The fourth-order valence-electron chi connectivity index (χ4n) is 4.51. The molecule has 0 bridgehead atoms. The first-order valence-corrected chi connectivity index (χ1v) is 11.8. The Balaban J connectivity index is 1.49. The highest BCUT2D eigenvalue weighted by molar-refractivity contribution is 5.89. The molecule has 0 radical (unpaired) electrons. The summed E-state index contributed by atoms with van der Waals surface area (Å²) in [5, 5.41) is 5.99. The molecule has 35 heavy (non-hydrogen) atoms. The quantitative estimate of drug-likeness (QED) is 0.496. The zero-order valence-corrected chi connectivity index (χ0v) is 20.9. The molecule has 1 atom stereocenters. The van der Waals surface area contributed by atoms with Crippen LogP contribution in [0.1, 0.15) is 22.7 Å². The number of nitrogens with one attached hydrogen (secondary N) is 2. The van der Waals surface area contributed by atoms with Gasteiger partial charge in [0.1, 0.15) is 0 Å². The number of benzene rings is 3. The van der Waals surface area contributed by atoms with Crippen LogP contribution in [0.3, 0.4) is 0 Å². The zero-order chi connectivity index (χ0) is 24.8. The van der Waals surface area contributed by atoms with Crippen LogP contribution >= 0.6 is 0 Å². The SMILES string of the molecule is COc1ccc(NC(=O)NCC(c2ccc(N(C)C)cc2)N2CCc3ccccc3C2)cc1OC. The normalized spacial score (nSPS) is 13.9. The second-order valence-corrected chi connectivity index (χ2v) is 8.90. The van der Waals surface area contributed by atoms with Gasteiger partial charge in [-0.05, 0) is 47.4 Å². The Kier molecular flexibility index (Phi) is 7.77. The molecule has 0 saturated heterocycles. The molecule has 0 aliphatic carbocycles. The Morgan fingerprint density at radius 2 is 1.69 bits per heavy atom. The zero-order valence-electron chi connectivity index (χ0n) is 20.9. The van der Waals surface area contributed by atoms with E-state index in [-0.39, 0.29) is 12.1 Å². The number of methoxy groups -OCH3 is 2. The van der Waals surface area contributed by atoms with Gasteiger partial charge in [0.2, 0.25) is 0 Å². The van der Waals surface area contributed by atoms with Gasteiger partial charge in [-0.1, -0.05) is 36.4 Å². The van der Waals surface area contributed by atoms with Gasteiger partial charge in [0.15, 0.2) is 11.5 Å². The van der Waals surface area contributed by atoms with Crippen LogP contribution in [0.4, 0.5) is 16.2 Å². The van der Waals surface area contributed by atoms with E-state index in [0.29, 0.717) is 23.7 Å². The molecule has 0 aromatic heterocycles. The molecular weight excluding hydrogens is 440 g/mol. The summed E-state index contributed by atoms with van der Waals surface area (Å²) < 4.78 is 10.6. The second-order valence-electron chi connectivity index (χ2n) is 8.90. The minimum atomic E-state index is -0.260. The highest BCUT2D eigenvalue weighted by atomic mass is 16.5. The second kappa shape index (κ2) is 11.1. The summed E-state index contributed by atoms with van der Waals surface area (Å²) >= 11 is 0. The number of anilines is 2. The Bertz CT molecular complexity index is 1150. The third kappa shape index (κ3) is 5.87. The van der Waals surface area contributed by atoms with E-state index >= 15 is 0 Å². The van der Waals surface area contributed by atoms with Crippen LogP contribution in [0.15, 0.2) is 66.7 Å². The number of nitrogens with zero attached hydrogens (tertiary/aromatic N) is 2. The van der Waals surface area contributed by atoms with Crippen molar-refractivity contribution in [3.63, 3.8) is 0 Å². The molecule has 1 aliphatic rings. The smallest absolute Gasteiger partial charge is 0.319 e. The number of fused-ring (bicyclic) bond motifs is 1. The van der Waals surface area contributed by atoms with Crippen LogP contribution in [0.5, 0.6) is 11.5 Å². The number of urea groups is 1. The maximum atomic E-state index is 12.8. The van der Waals surface area contributed by atoms with Crippen molar-refractivity contribution in [2.75, 3.05) is 51.6 Å². The van der Waals surface area contributed by atoms with Crippen LogP contribution in [0.2, 0.25) is 0 Å². The lowest BCUT2D eigenvalue weighted by Gasteiger charge is -2.36. The molecule has 7 heteroatoms. The molecule has 1 aliphatic heterocycles. The van der Waals surface area contributed by atoms with Crippen molar-refractivity contribution in [1.82, 2.24) is 10.2 Å². The lowest BCUT2D eigenvalue weighted by atomic mass is 9.96. The number of ether oxygens (including phenoxy) is 2. The highest BCUT2D eigenvalue weighted by Gasteiger charge is 2.25. The van der Waals surface area contributed by atoms with E-state index in [4.69, 9.17) is 9.47 Å². The first-order valence-electron chi connectivity index (χ1n) is 11.8. The van der Waals surface area contributed by atoms with Crippen LogP contribution in [0.25, 0.3) is 0 Å². The van der Waals surface area contributed by atoms with Gasteiger partial charge in [-0.15, -0.1) is 0 Å². The molecule has 1 heterocycles. The predicted molar refractivity (Wildman–Crippen MR) is 141 cm³/mol. The first-order chi connectivity index (χ1) is 17.0. The molecule has 3 aromatic rings. The minimum absolute atomic E-state index is 0.0516. The summed E-state index contributed by atoms with van der Waals surface area (Å²) in [5.41, 5.74) is 5.73. The molecule has 4 rings (SSSR count). The Hall–Kier alpha value is -3.71. The average Bonchev–Trinajstić information content (AvgIpc) is 2.89. The summed E-state index contributed by atoms with van der Waals surface area (Å²) in [6.07, 6.45) is 1.00. The van der Waals surface area contributed by atoms with Crippen molar-refractivity contribution in [3.8, 4) is 11.5 Å². The predicted octanol–water partition coefficient (Wildman–Crippen LogP) is 4.69. The Morgan fingerprint density at radius 3 is 2.37 bits per heavy atom. The fourth-order valence-corrected chi connectivity index (χ4v) is 4.51. The van der Waals surface area contributed by atoms with E-state index in [1.54, 1.807) is 32.4 Å². The first kappa shape index (κ1) is 24.4. The average molecular weight is 475 g/mol. The minimum Gasteiger partial charge on any atom is -0.493 e. The van der Waals surface area contributed by atoms with E-state index in [9.17, 15) is 4.79 Å². The number of carbonyl (C=O) groups excluding carboxylic acids is 1.